The molecule has 8 nitrogen and oxygen atoms in total. The van der Waals surface area contributed by atoms with E-state index in [-0.39, 0.29) is 12.0 Å². The molecule has 0 unspecified atom stereocenters. The van der Waals surface area contributed by atoms with Crippen LogP contribution in [0.15, 0.2) is 30.3 Å². The zero-order chi connectivity index (χ0) is 26.4. The number of esters is 1. The Morgan fingerprint density at radius 1 is 1.03 bits per heavy atom. The standard InChI is InChI=1S/C27H40N2O6/c1-26(2,3)34-24(31)28(7)22-11-9-10-20(17-22)21(18-23(30)33-8)16-19-12-14-29(15-13-19)25(32)35-27(4,5)6/h9-11,17-19H,12-16H2,1-8H3/b21-18-. The van der Waals surface area contributed by atoms with Gasteiger partial charge >= 0.3 is 18.2 Å². The van der Waals surface area contributed by atoms with Gasteiger partial charge in [0.25, 0.3) is 0 Å². The lowest BCUT2D eigenvalue weighted by Gasteiger charge is -2.33. The molecule has 0 atom stereocenters. The van der Waals surface area contributed by atoms with Gasteiger partial charge in [-0.15, -0.1) is 0 Å². The lowest BCUT2D eigenvalue weighted by Crippen LogP contribution is -2.41. The Bertz CT molecular complexity index is 934. The van der Waals surface area contributed by atoms with Crippen molar-refractivity contribution < 1.29 is 28.6 Å². The number of hydrogen-bond donors (Lipinski definition) is 0. The van der Waals surface area contributed by atoms with E-state index in [1.54, 1.807) is 11.9 Å². The van der Waals surface area contributed by atoms with Crippen LogP contribution in [-0.2, 0) is 19.0 Å². The highest BCUT2D eigenvalue weighted by molar-refractivity contribution is 5.93. The van der Waals surface area contributed by atoms with Gasteiger partial charge in [-0.25, -0.2) is 14.4 Å². The van der Waals surface area contributed by atoms with Crippen LogP contribution < -0.4 is 4.90 Å². The summed E-state index contributed by atoms with van der Waals surface area (Å²) in [7, 11) is 3.01. The molecule has 8 heteroatoms. The Morgan fingerprint density at radius 3 is 2.17 bits per heavy atom. The van der Waals surface area contributed by atoms with Crippen molar-refractivity contribution in [2.24, 2.45) is 5.92 Å². The number of ether oxygens (including phenoxy) is 3. The summed E-state index contributed by atoms with van der Waals surface area (Å²) in [4.78, 5) is 40.2. The molecule has 2 rings (SSSR count). The van der Waals surface area contributed by atoms with Crippen molar-refractivity contribution in [3.05, 3.63) is 35.9 Å². The zero-order valence-corrected chi connectivity index (χ0v) is 22.3. The van der Waals surface area contributed by atoms with Gasteiger partial charge in [0.15, 0.2) is 0 Å². The van der Waals surface area contributed by atoms with Gasteiger partial charge in [0, 0.05) is 31.9 Å². The molecule has 1 fully saturated rings. The molecule has 0 saturated carbocycles. The van der Waals surface area contributed by atoms with Gasteiger partial charge in [0.1, 0.15) is 11.2 Å². The molecule has 1 aromatic carbocycles. The third-order valence-corrected chi connectivity index (χ3v) is 5.54. The van der Waals surface area contributed by atoms with Crippen LogP contribution in [0, 0.1) is 5.92 Å². The summed E-state index contributed by atoms with van der Waals surface area (Å²) in [5.41, 5.74) is 1.19. The molecule has 0 spiro atoms. The smallest absolute Gasteiger partial charge is 0.414 e. The SMILES string of the molecule is COC(=O)/C=C(/CC1CCN(C(=O)OC(C)(C)C)CC1)c1cccc(N(C)C(=O)OC(C)(C)C)c1. The molecule has 0 aliphatic carbocycles. The Labute approximate surface area is 209 Å². The number of carbonyl (C=O) groups excluding carboxylic acids is 3. The summed E-state index contributed by atoms with van der Waals surface area (Å²) in [5.74, 6) is -0.145. The summed E-state index contributed by atoms with van der Waals surface area (Å²) < 4.78 is 15.8. The van der Waals surface area contributed by atoms with Crippen molar-refractivity contribution in [2.75, 3.05) is 32.1 Å². The number of hydrogen-bond acceptors (Lipinski definition) is 6. The fourth-order valence-electron chi connectivity index (χ4n) is 3.77. The van der Waals surface area contributed by atoms with Crippen molar-refractivity contribution in [1.29, 1.82) is 0 Å². The van der Waals surface area contributed by atoms with Gasteiger partial charge in [0.05, 0.1) is 7.11 Å². The van der Waals surface area contributed by atoms with E-state index in [1.165, 1.54) is 18.1 Å². The van der Waals surface area contributed by atoms with Crippen LogP contribution in [0.2, 0.25) is 0 Å². The molecular weight excluding hydrogens is 448 g/mol. The van der Waals surface area contributed by atoms with E-state index in [4.69, 9.17) is 14.2 Å². The number of rotatable bonds is 5. The van der Waals surface area contributed by atoms with Crippen LogP contribution in [0.25, 0.3) is 5.57 Å². The zero-order valence-electron chi connectivity index (χ0n) is 22.3. The molecule has 0 bridgehead atoms. The normalized spacial score (nSPS) is 15.4. The predicted molar refractivity (Wildman–Crippen MR) is 136 cm³/mol. The van der Waals surface area contributed by atoms with E-state index < -0.39 is 23.3 Å². The number of carbonyl (C=O) groups is 3. The summed E-state index contributed by atoms with van der Waals surface area (Å²) in [6.07, 6.45) is 3.01. The highest BCUT2D eigenvalue weighted by atomic mass is 16.6. The molecule has 35 heavy (non-hydrogen) atoms. The third kappa shape index (κ3) is 9.26. The summed E-state index contributed by atoms with van der Waals surface area (Å²) in [6.45, 7) is 12.2. The van der Waals surface area contributed by atoms with Crippen LogP contribution >= 0.6 is 0 Å². The summed E-state index contributed by atoms with van der Waals surface area (Å²) in [6, 6.07) is 7.45. The first-order valence-corrected chi connectivity index (χ1v) is 12.0. The minimum Gasteiger partial charge on any atom is -0.466 e. The van der Waals surface area contributed by atoms with E-state index in [2.05, 4.69) is 0 Å². The van der Waals surface area contributed by atoms with Gasteiger partial charge < -0.3 is 19.1 Å². The third-order valence-electron chi connectivity index (χ3n) is 5.54. The van der Waals surface area contributed by atoms with Crippen LogP contribution in [0.4, 0.5) is 15.3 Å². The van der Waals surface area contributed by atoms with Crippen LogP contribution in [0.3, 0.4) is 0 Å². The van der Waals surface area contributed by atoms with E-state index in [0.717, 1.165) is 24.0 Å². The number of allylic oxidation sites excluding steroid dienone is 1. The second-order valence-electron chi connectivity index (χ2n) is 10.9. The van der Waals surface area contributed by atoms with Gasteiger partial charge in [-0.1, -0.05) is 12.1 Å². The molecule has 1 saturated heterocycles. The molecular formula is C27H40N2O6. The number of benzene rings is 1. The molecule has 2 amide bonds. The average Bonchev–Trinajstić information content (AvgIpc) is 2.76. The summed E-state index contributed by atoms with van der Waals surface area (Å²) in [5, 5.41) is 0. The number of anilines is 1. The Hall–Kier alpha value is -3.03. The van der Waals surface area contributed by atoms with Crippen LogP contribution in [-0.4, -0.2) is 61.5 Å². The van der Waals surface area contributed by atoms with E-state index in [0.29, 0.717) is 25.2 Å². The van der Waals surface area contributed by atoms with Gasteiger partial charge in [-0.2, -0.15) is 0 Å². The number of nitrogens with zero attached hydrogens (tertiary/aromatic N) is 2. The topological polar surface area (TPSA) is 85.4 Å². The fourth-order valence-corrected chi connectivity index (χ4v) is 3.77. The second-order valence-corrected chi connectivity index (χ2v) is 10.9. The molecule has 0 aromatic heterocycles. The number of amides is 2. The monoisotopic (exact) mass is 488 g/mol. The molecule has 194 valence electrons. The average molecular weight is 489 g/mol. The maximum atomic E-state index is 12.5. The number of methoxy groups -OCH3 is 1. The minimum atomic E-state index is -0.604. The van der Waals surface area contributed by atoms with Crippen molar-refractivity contribution in [1.82, 2.24) is 4.90 Å². The maximum Gasteiger partial charge on any atom is 0.414 e. The lowest BCUT2D eigenvalue weighted by molar-refractivity contribution is -0.134. The van der Waals surface area contributed by atoms with E-state index >= 15 is 0 Å². The van der Waals surface area contributed by atoms with Crippen LogP contribution in [0.5, 0.6) is 0 Å². The quantitative estimate of drug-likeness (QED) is 0.302. The molecule has 1 aliphatic heterocycles. The largest absolute Gasteiger partial charge is 0.466 e. The number of likely N-dealkylation sites (tertiary alicyclic amines) is 1. The first-order valence-electron chi connectivity index (χ1n) is 12.0. The Balaban J connectivity index is 2.16. The van der Waals surface area contributed by atoms with Crippen LogP contribution in [0.1, 0.15) is 66.4 Å². The van der Waals surface area contributed by atoms with Crippen molar-refractivity contribution >= 4 is 29.4 Å². The Kier molecular flexibility index (Phi) is 9.35. The molecule has 1 heterocycles. The first kappa shape index (κ1) is 28.2. The molecule has 0 radical (unpaired) electrons. The molecule has 0 N–H and O–H groups in total. The van der Waals surface area contributed by atoms with Crippen molar-refractivity contribution in [3.63, 3.8) is 0 Å². The van der Waals surface area contributed by atoms with Gasteiger partial charge in [-0.05, 0) is 90.0 Å². The highest BCUT2D eigenvalue weighted by Crippen LogP contribution is 2.32. The molecule has 1 aliphatic rings. The number of piperidine rings is 1. The maximum absolute atomic E-state index is 12.5. The summed E-state index contributed by atoms with van der Waals surface area (Å²) >= 11 is 0. The second kappa shape index (κ2) is 11.6. The minimum absolute atomic E-state index is 0.289. The fraction of sp³-hybridized carbons (Fsp3) is 0.593. The van der Waals surface area contributed by atoms with Gasteiger partial charge in [-0.3, -0.25) is 4.90 Å². The van der Waals surface area contributed by atoms with Crippen molar-refractivity contribution in [3.8, 4) is 0 Å². The predicted octanol–water partition coefficient (Wildman–Crippen LogP) is 5.65. The lowest BCUT2D eigenvalue weighted by atomic mass is 9.87. The highest BCUT2D eigenvalue weighted by Gasteiger charge is 2.28. The molecule has 1 aromatic rings. The van der Waals surface area contributed by atoms with E-state index in [1.807, 2.05) is 65.8 Å². The Morgan fingerprint density at radius 2 is 1.63 bits per heavy atom. The van der Waals surface area contributed by atoms with Gasteiger partial charge in [0.2, 0.25) is 0 Å². The van der Waals surface area contributed by atoms with E-state index in [9.17, 15) is 14.4 Å². The van der Waals surface area contributed by atoms with Crippen molar-refractivity contribution in [2.45, 2.75) is 72.0 Å². The first-order chi connectivity index (χ1) is 16.2.